The molecule has 0 spiro atoms. The third-order valence-corrected chi connectivity index (χ3v) is 3.54. The van der Waals surface area contributed by atoms with Crippen molar-refractivity contribution in [1.29, 1.82) is 0 Å². The van der Waals surface area contributed by atoms with Gasteiger partial charge < -0.3 is 0 Å². The molecule has 1 atom stereocenters. The van der Waals surface area contributed by atoms with E-state index in [2.05, 4.69) is 6.92 Å². The van der Waals surface area contributed by atoms with E-state index in [9.17, 15) is 4.79 Å². The number of carbonyl (C=O) groups excluding carboxylic acids is 1. The molecule has 40 valence electrons. The second kappa shape index (κ2) is 2.09. The molecule has 1 aliphatic heterocycles. The van der Waals surface area contributed by atoms with Crippen LogP contribution in [0.4, 0.5) is 0 Å². The van der Waals surface area contributed by atoms with Gasteiger partial charge in [0.1, 0.15) is 0 Å². The highest BCUT2D eigenvalue weighted by Gasteiger charge is 2.18. The Bertz CT molecular complexity index is 91.7. The maximum atomic E-state index is 10.4. The smallest absolute Gasteiger partial charge is 0.200 e. The molecule has 1 heterocycles. The minimum absolute atomic E-state index is 0.331. The van der Waals surface area contributed by atoms with Crippen molar-refractivity contribution in [2.24, 2.45) is 0 Å². The lowest BCUT2D eigenvalue weighted by Crippen LogP contribution is -1.90. The van der Waals surface area contributed by atoms with Gasteiger partial charge >= 0.3 is 0 Å². The normalized spacial score (nSPS) is 31.6. The van der Waals surface area contributed by atoms with Crippen LogP contribution in [0.2, 0.25) is 0 Å². The van der Waals surface area contributed by atoms with Gasteiger partial charge in [-0.1, -0.05) is 17.7 Å². The number of hydrogen-bond acceptors (Lipinski definition) is 3. The molecule has 1 fully saturated rings. The van der Waals surface area contributed by atoms with Crippen molar-refractivity contribution in [3.05, 3.63) is 0 Å². The highest BCUT2D eigenvalue weighted by atomic mass is 33.1. The predicted octanol–water partition coefficient (Wildman–Crippen LogP) is 1.69. The molecule has 1 saturated heterocycles. The molecule has 0 aromatic heterocycles. The molecule has 0 aromatic rings. The second-order valence-corrected chi connectivity index (χ2v) is 4.26. The Labute approximate surface area is 50.6 Å². The largest absolute Gasteiger partial charge is 0.286 e. The van der Waals surface area contributed by atoms with Crippen molar-refractivity contribution in [2.75, 3.05) is 0 Å². The van der Waals surface area contributed by atoms with E-state index in [1.165, 1.54) is 10.8 Å². The molecule has 0 bridgehead atoms. The fraction of sp³-hybridized carbons (Fsp3) is 0.750. The van der Waals surface area contributed by atoms with Gasteiger partial charge in [-0.05, 0) is 10.8 Å². The number of rotatable bonds is 0. The maximum Gasteiger partial charge on any atom is 0.200 e. The molecule has 0 radical (unpaired) electrons. The van der Waals surface area contributed by atoms with Crippen molar-refractivity contribution >= 4 is 26.7 Å². The average Bonchev–Trinajstić information content (AvgIpc) is 1.87. The first kappa shape index (κ1) is 5.51. The van der Waals surface area contributed by atoms with Crippen LogP contribution in [0.1, 0.15) is 13.3 Å². The zero-order valence-corrected chi connectivity index (χ0v) is 5.64. The fourth-order valence-corrected chi connectivity index (χ4v) is 2.58. The van der Waals surface area contributed by atoms with Gasteiger partial charge in [0, 0.05) is 11.7 Å². The maximum absolute atomic E-state index is 10.4. The lowest BCUT2D eigenvalue weighted by Gasteiger charge is -1.87. The summed E-state index contributed by atoms with van der Waals surface area (Å²) < 4.78 is 0. The molecule has 3 heteroatoms. The SMILES string of the molecule is CC1CC(=O)SS1. The molecule has 0 aliphatic carbocycles. The van der Waals surface area contributed by atoms with E-state index in [4.69, 9.17) is 0 Å². The zero-order chi connectivity index (χ0) is 5.28. The Kier molecular flexibility index (Phi) is 1.65. The Morgan fingerprint density at radius 1 is 1.86 bits per heavy atom. The topological polar surface area (TPSA) is 17.1 Å². The molecular formula is C4H6OS2. The van der Waals surface area contributed by atoms with E-state index in [1.807, 2.05) is 0 Å². The van der Waals surface area contributed by atoms with Crippen molar-refractivity contribution < 1.29 is 4.79 Å². The summed E-state index contributed by atoms with van der Waals surface area (Å²) in [4.78, 5) is 10.4. The number of hydrogen-bond donors (Lipinski definition) is 0. The Morgan fingerprint density at radius 3 is 2.71 bits per heavy atom. The van der Waals surface area contributed by atoms with Crippen LogP contribution in [0, 0.1) is 0 Å². The molecule has 0 N–H and O–H groups in total. The van der Waals surface area contributed by atoms with Crippen molar-refractivity contribution in [3.8, 4) is 0 Å². The summed E-state index contributed by atoms with van der Waals surface area (Å²) in [5.74, 6) is 0. The van der Waals surface area contributed by atoms with Gasteiger partial charge in [0.25, 0.3) is 0 Å². The third kappa shape index (κ3) is 1.39. The van der Waals surface area contributed by atoms with E-state index in [1.54, 1.807) is 10.8 Å². The van der Waals surface area contributed by atoms with Gasteiger partial charge in [-0.3, -0.25) is 4.79 Å². The minimum Gasteiger partial charge on any atom is -0.286 e. The van der Waals surface area contributed by atoms with Crippen molar-refractivity contribution in [3.63, 3.8) is 0 Å². The average molecular weight is 134 g/mol. The van der Waals surface area contributed by atoms with Gasteiger partial charge in [0.15, 0.2) is 0 Å². The molecule has 1 unspecified atom stereocenters. The highest BCUT2D eigenvalue weighted by Crippen LogP contribution is 2.38. The Morgan fingerprint density at radius 2 is 2.57 bits per heavy atom. The van der Waals surface area contributed by atoms with Crippen LogP contribution in [-0.2, 0) is 4.79 Å². The summed E-state index contributed by atoms with van der Waals surface area (Å²) >= 11 is 0. The zero-order valence-electron chi connectivity index (χ0n) is 4.01. The summed E-state index contributed by atoms with van der Waals surface area (Å²) in [6.07, 6.45) is 0.759. The molecule has 0 saturated carbocycles. The third-order valence-electron chi connectivity index (χ3n) is 0.759. The predicted molar refractivity (Wildman–Crippen MR) is 34.3 cm³/mol. The molecule has 1 nitrogen and oxygen atoms in total. The molecule has 7 heavy (non-hydrogen) atoms. The van der Waals surface area contributed by atoms with E-state index in [0.29, 0.717) is 10.4 Å². The fourth-order valence-electron chi connectivity index (χ4n) is 0.439. The summed E-state index contributed by atoms with van der Waals surface area (Å²) in [5, 5.41) is 0.884. The van der Waals surface area contributed by atoms with Gasteiger partial charge in [0.05, 0.1) is 0 Å². The van der Waals surface area contributed by atoms with E-state index < -0.39 is 0 Å². The summed E-state index contributed by atoms with van der Waals surface area (Å²) in [6, 6.07) is 0. The summed E-state index contributed by atoms with van der Waals surface area (Å²) in [6.45, 7) is 2.07. The molecular weight excluding hydrogens is 128 g/mol. The van der Waals surface area contributed by atoms with E-state index in [-0.39, 0.29) is 0 Å². The van der Waals surface area contributed by atoms with E-state index >= 15 is 0 Å². The van der Waals surface area contributed by atoms with Crippen LogP contribution in [0.3, 0.4) is 0 Å². The van der Waals surface area contributed by atoms with Gasteiger partial charge in [-0.15, -0.1) is 0 Å². The number of carbonyl (C=O) groups is 1. The van der Waals surface area contributed by atoms with E-state index in [0.717, 1.165) is 6.42 Å². The molecule has 1 aliphatic rings. The first-order valence-corrected chi connectivity index (χ1v) is 4.36. The standard InChI is InChI=1S/C4H6OS2/c1-3-2-4(5)7-6-3/h3H,2H2,1H3. The quantitative estimate of drug-likeness (QED) is 0.469. The van der Waals surface area contributed by atoms with Crippen LogP contribution in [0.15, 0.2) is 0 Å². The van der Waals surface area contributed by atoms with Crippen LogP contribution >= 0.6 is 21.6 Å². The summed E-state index contributed by atoms with van der Waals surface area (Å²) in [5.41, 5.74) is 0. The summed E-state index contributed by atoms with van der Waals surface area (Å²) in [7, 11) is 3.06. The molecule has 1 rings (SSSR count). The first-order chi connectivity index (χ1) is 3.29. The van der Waals surface area contributed by atoms with Crippen molar-refractivity contribution in [1.82, 2.24) is 0 Å². The molecule has 0 aromatic carbocycles. The van der Waals surface area contributed by atoms with Crippen molar-refractivity contribution in [2.45, 2.75) is 18.6 Å². The first-order valence-electron chi connectivity index (χ1n) is 2.15. The van der Waals surface area contributed by atoms with Crippen LogP contribution in [0.25, 0.3) is 0 Å². The minimum atomic E-state index is 0.331. The van der Waals surface area contributed by atoms with Gasteiger partial charge in [-0.2, -0.15) is 0 Å². The second-order valence-electron chi connectivity index (χ2n) is 1.57. The van der Waals surface area contributed by atoms with Crippen LogP contribution in [0.5, 0.6) is 0 Å². The lowest BCUT2D eigenvalue weighted by molar-refractivity contribution is -0.110. The Balaban J connectivity index is 2.40. The van der Waals surface area contributed by atoms with Crippen LogP contribution < -0.4 is 0 Å². The van der Waals surface area contributed by atoms with Crippen LogP contribution in [-0.4, -0.2) is 10.4 Å². The monoisotopic (exact) mass is 134 g/mol. The van der Waals surface area contributed by atoms with Gasteiger partial charge in [0.2, 0.25) is 5.12 Å². The lowest BCUT2D eigenvalue weighted by atomic mass is 10.4. The highest BCUT2D eigenvalue weighted by molar-refractivity contribution is 8.83. The Hall–Kier alpha value is 0.370. The molecule has 0 amide bonds. The van der Waals surface area contributed by atoms with Gasteiger partial charge in [-0.25, -0.2) is 0 Å².